The highest BCUT2D eigenvalue weighted by atomic mass is 32.2. The van der Waals surface area contributed by atoms with Gasteiger partial charge in [-0.25, -0.2) is 23.4 Å². The number of rotatable bonds is 5. The second kappa shape index (κ2) is 10.8. The van der Waals surface area contributed by atoms with Crippen molar-refractivity contribution in [3.05, 3.63) is 152 Å². The van der Waals surface area contributed by atoms with Gasteiger partial charge in [-0.2, -0.15) is 0 Å². The minimum atomic E-state index is -3.72. The molecule has 45 heavy (non-hydrogen) atoms. The average molecular weight is 600 g/mol. The molecule has 0 amide bonds. The number of benzene rings is 6. The van der Waals surface area contributed by atoms with Crippen LogP contribution in [0.1, 0.15) is 0 Å². The van der Waals surface area contributed by atoms with E-state index >= 15 is 0 Å². The third-order valence-corrected chi connectivity index (χ3v) is 9.97. The van der Waals surface area contributed by atoms with Gasteiger partial charge >= 0.3 is 0 Å². The van der Waals surface area contributed by atoms with Crippen molar-refractivity contribution in [2.45, 2.75) is 9.79 Å². The molecule has 0 saturated heterocycles. The SMILES string of the molecule is O=S1(=O)c2ccc(-c3ccccc3)cc2-c2ccc(-c3nc(-c4ccccc4)nc(-c4ccc(-c5ccccc5)cc4)n3)cc21. The Morgan fingerprint density at radius 2 is 0.756 bits per heavy atom. The summed E-state index contributed by atoms with van der Waals surface area (Å²) in [6.45, 7) is 0. The van der Waals surface area contributed by atoms with Crippen LogP contribution in [0, 0.1) is 0 Å². The molecular weight excluding hydrogens is 575 g/mol. The summed E-state index contributed by atoms with van der Waals surface area (Å²) in [5.41, 5.74) is 7.90. The summed E-state index contributed by atoms with van der Waals surface area (Å²) < 4.78 is 27.6. The quantitative estimate of drug-likeness (QED) is 0.197. The fourth-order valence-electron chi connectivity index (χ4n) is 5.80. The summed E-state index contributed by atoms with van der Waals surface area (Å²) in [6.07, 6.45) is 0. The minimum absolute atomic E-state index is 0.260. The van der Waals surface area contributed by atoms with E-state index in [9.17, 15) is 8.42 Å². The van der Waals surface area contributed by atoms with Crippen LogP contribution in [0.3, 0.4) is 0 Å². The van der Waals surface area contributed by atoms with Gasteiger partial charge in [-0.15, -0.1) is 0 Å². The van der Waals surface area contributed by atoms with Crippen molar-refractivity contribution in [1.29, 1.82) is 0 Å². The summed E-state index contributed by atoms with van der Waals surface area (Å²) in [7, 11) is -3.72. The molecule has 0 fully saturated rings. The highest BCUT2D eigenvalue weighted by Crippen LogP contribution is 2.46. The molecule has 6 aromatic carbocycles. The fourth-order valence-corrected chi connectivity index (χ4v) is 7.49. The van der Waals surface area contributed by atoms with Gasteiger partial charge in [-0.05, 0) is 40.5 Å². The Bertz CT molecular complexity index is 2310. The number of fused-ring (bicyclic) bond motifs is 3. The van der Waals surface area contributed by atoms with Crippen LogP contribution in [0.15, 0.2) is 161 Å². The molecule has 1 aromatic heterocycles. The van der Waals surface area contributed by atoms with E-state index in [1.165, 1.54) is 0 Å². The normalized spacial score (nSPS) is 12.8. The zero-order valence-corrected chi connectivity index (χ0v) is 24.8. The first-order valence-corrected chi connectivity index (χ1v) is 16.1. The Balaban J connectivity index is 1.24. The molecule has 2 heterocycles. The van der Waals surface area contributed by atoms with Crippen molar-refractivity contribution in [3.8, 4) is 67.5 Å². The summed E-state index contributed by atoms with van der Waals surface area (Å²) in [4.78, 5) is 15.1. The molecule has 0 saturated carbocycles. The summed E-state index contributed by atoms with van der Waals surface area (Å²) in [5, 5.41) is 0. The van der Waals surface area contributed by atoms with E-state index in [-0.39, 0.29) is 4.90 Å². The van der Waals surface area contributed by atoms with E-state index in [0.29, 0.717) is 39.1 Å². The van der Waals surface area contributed by atoms with Gasteiger partial charge < -0.3 is 0 Å². The maximum absolute atomic E-state index is 13.8. The van der Waals surface area contributed by atoms with Gasteiger partial charge in [-0.3, -0.25) is 0 Å². The summed E-state index contributed by atoms with van der Waals surface area (Å²) in [5.74, 6) is 1.43. The molecule has 0 unspecified atom stereocenters. The zero-order chi connectivity index (χ0) is 30.4. The molecule has 0 N–H and O–H groups in total. The Hall–Kier alpha value is -5.72. The number of aromatic nitrogens is 3. The maximum atomic E-state index is 13.8. The molecule has 8 rings (SSSR count). The Morgan fingerprint density at radius 1 is 0.333 bits per heavy atom. The molecule has 1 aliphatic rings. The van der Waals surface area contributed by atoms with Gasteiger partial charge in [0.2, 0.25) is 9.84 Å². The molecule has 0 spiro atoms. The van der Waals surface area contributed by atoms with Gasteiger partial charge in [0.1, 0.15) is 0 Å². The second-order valence-electron chi connectivity index (χ2n) is 10.9. The van der Waals surface area contributed by atoms with Crippen molar-refractivity contribution in [1.82, 2.24) is 15.0 Å². The first-order valence-electron chi connectivity index (χ1n) is 14.6. The predicted octanol–water partition coefficient (Wildman–Crippen LogP) is 9.02. The van der Waals surface area contributed by atoms with Crippen molar-refractivity contribution >= 4 is 9.84 Å². The van der Waals surface area contributed by atoms with Crippen LogP contribution < -0.4 is 0 Å². The average Bonchev–Trinajstić information content (AvgIpc) is 3.34. The molecule has 0 radical (unpaired) electrons. The molecule has 0 atom stereocenters. The van der Waals surface area contributed by atoms with E-state index in [1.54, 1.807) is 12.1 Å². The highest BCUT2D eigenvalue weighted by molar-refractivity contribution is 7.92. The Kier molecular flexibility index (Phi) is 6.43. The monoisotopic (exact) mass is 599 g/mol. The van der Waals surface area contributed by atoms with Gasteiger partial charge in [0, 0.05) is 27.8 Å². The van der Waals surface area contributed by atoms with Crippen LogP contribution in [0.5, 0.6) is 0 Å². The summed E-state index contributed by atoms with van der Waals surface area (Å²) >= 11 is 0. The Labute approximate surface area is 261 Å². The van der Waals surface area contributed by atoms with Crippen molar-refractivity contribution in [2.75, 3.05) is 0 Å². The van der Waals surface area contributed by atoms with Gasteiger partial charge in [0.05, 0.1) is 9.79 Å². The number of hydrogen-bond donors (Lipinski definition) is 0. The third kappa shape index (κ3) is 4.82. The molecule has 7 aromatic rings. The molecule has 6 heteroatoms. The summed E-state index contributed by atoms with van der Waals surface area (Å²) in [6, 6.07) is 49.0. The van der Waals surface area contributed by atoms with Gasteiger partial charge in [-0.1, -0.05) is 133 Å². The van der Waals surface area contributed by atoms with Crippen molar-refractivity contribution in [3.63, 3.8) is 0 Å². The minimum Gasteiger partial charge on any atom is -0.218 e. The lowest BCUT2D eigenvalue weighted by Crippen LogP contribution is -2.01. The predicted molar refractivity (Wildman–Crippen MR) is 178 cm³/mol. The first-order chi connectivity index (χ1) is 22.0. The third-order valence-electron chi connectivity index (χ3n) is 8.11. The van der Waals surface area contributed by atoms with Crippen LogP contribution in [-0.2, 0) is 9.84 Å². The van der Waals surface area contributed by atoms with Crippen LogP contribution in [-0.4, -0.2) is 23.4 Å². The topological polar surface area (TPSA) is 72.8 Å². The number of nitrogens with zero attached hydrogens (tertiary/aromatic N) is 3. The second-order valence-corrected chi connectivity index (χ2v) is 12.8. The fraction of sp³-hybridized carbons (Fsp3) is 0. The van der Waals surface area contributed by atoms with E-state index in [4.69, 9.17) is 15.0 Å². The van der Waals surface area contributed by atoms with Crippen LogP contribution in [0.2, 0.25) is 0 Å². The zero-order valence-electron chi connectivity index (χ0n) is 24.0. The molecular formula is C39H25N3O2S. The maximum Gasteiger partial charge on any atom is 0.207 e. The van der Waals surface area contributed by atoms with Crippen LogP contribution in [0.4, 0.5) is 0 Å². The standard InChI is InChI=1S/C39H25N3O2S/c43-45(44)35-23-21-31(27-12-6-2-7-13-27)24-34(35)33-22-20-32(25-36(33)45)39-41-37(29-14-8-3-9-15-29)40-38(42-39)30-18-16-28(17-19-30)26-10-4-1-5-11-26/h1-25H. The van der Waals surface area contributed by atoms with Gasteiger partial charge in [0.25, 0.3) is 0 Å². The molecule has 0 bridgehead atoms. The number of sulfone groups is 1. The van der Waals surface area contributed by atoms with Crippen molar-refractivity contribution < 1.29 is 8.42 Å². The van der Waals surface area contributed by atoms with Gasteiger partial charge in [0.15, 0.2) is 17.5 Å². The van der Waals surface area contributed by atoms with E-state index in [2.05, 4.69) is 24.3 Å². The first kappa shape index (κ1) is 26.9. The van der Waals surface area contributed by atoms with Crippen LogP contribution in [0.25, 0.3) is 67.5 Å². The lowest BCUT2D eigenvalue weighted by atomic mass is 9.98. The highest BCUT2D eigenvalue weighted by Gasteiger charge is 2.33. The van der Waals surface area contributed by atoms with E-state index < -0.39 is 9.84 Å². The van der Waals surface area contributed by atoms with E-state index in [0.717, 1.165) is 33.4 Å². The lowest BCUT2D eigenvalue weighted by molar-refractivity contribution is 0.598. The molecule has 0 aliphatic carbocycles. The van der Waals surface area contributed by atoms with E-state index in [1.807, 2.05) is 115 Å². The smallest absolute Gasteiger partial charge is 0.207 e. The van der Waals surface area contributed by atoms with Crippen molar-refractivity contribution in [2.24, 2.45) is 0 Å². The molecule has 5 nitrogen and oxygen atoms in total. The Morgan fingerprint density at radius 3 is 1.36 bits per heavy atom. The molecule has 214 valence electrons. The largest absolute Gasteiger partial charge is 0.218 e. The molecule has 1 aliphatic heterocycles. The van der Waals surface area contributed by atoms with Crippen LogP contribution >= 0.6 is 0 Å². The lowest BCUT2D eigenvalue weighted by Gasteiger charge is -2.10. The number of hydrogen-bond acceptors (Lipinski definition) is 5.